The van der Waals surface area contributed by atoms with Crippen LogP contribution in [0.25, 0.3) is 16.6 Å². The summed E-state index contributed by atoms with van der Waals surface area (Å²) in [4.78, 5) is 22.6. The van der Waals surface area contributed by atoms with Crippen LogP contribution in [0.3, 0.4) is 0 Å². The van der Waals surface area contributed by atoms with E-state index in [1.165, 1.54) is 18.2 Å². The van der Waals surface area contributed by atoms with Gasteiger partial charge in [0.05, 0.1) is 36.4 Å². The molecule has 0 spiro atoms. The topological polar surface area (TPSA) is 119 Å². The molecule has 2 aliphatic heterocycles. The van der Waals surface area contributed by atoms with Gasteiger partial charge < -0.3 is 19.8 Å². The number of nitriles is 1. The first-order chi connectivity index (χ1) is 20.4. The normalized spacial score (nSPS) is 17.0. The van der Waals surface area contributed by atoms with Crippen LogP contribution in [0, 0.1) is 23.0 Å². The van der Waals surface area contributed by atoms with Crippen molar-refractivity contribution < 1.29 is 23.0 Å². The van der Waals surface area contributed by atoms with E-state index in [2.05, 4.69) is 26.6 Å². The Morgan fingerprint density at radius 1 is 1.19 bits per heavy atom. The molecule has 4 heterocycles. The third-order valence-electron chi connectivity index (χ3n) is 7.69. The van der Waals surface area contributed by atoms with E-state index in [9.17, 15) is 18.8 Å². The maximum Gasteiger partial charge on any atom is 0.248 e. The Bertz CT molecular complexity index is 1740. The highest BCUT2D eigenvalue weighted by atomic mass is 19.1. The number of primary amides is 1. The summed E-state index contributed by atoms with van der Waals surface area (Å²) in [6.45, 7) is 3.31. The van der Waals surface area contributed by atoms with Crippen LogP contribution in [0.4, 0.5) is 8.78 Å². The van der Waals surface area contributed by atoms with Crippen LogP contribution in [0.15, 0.2) is 54.7 Å². The minimum Gasteiger partial charge on any atom is -0.486 e. The van der Waals surface area contributed by atoms with Crippen LogP contribution < -0.4 is 10.5 Å². The summed E-state index contributed by atoms with van der Waals surface area (Å²) in [5.74, 6) is -1.01. The molecule has 1 saturated heterocycles. The van der Waals surface area contributed by atoms with E-state index < -0.39 is 17.5 Å². The fourth-order valence-corrected chi connectivity index (χ4v) is 5.20. The summed E-state index contributed by atoms with van der Waals surface area (Å²) in [5, 5.41) is 9.26. The summed E-state index contributed by atoms with van der Waals surface area (Å²) in [7, 11) is 0. The van der Waals surface area contributed by atoms with Gasteiger partial charge >= 0.3 is 0 Å². The number of benzene rings is 2. The number of carbonyl (C=O) groups is 1. The van der Waals surface area contributed by atoms with Gasteiger partial charge in [-0.3, -0.25) is 9.69 Å². The molecule has 0 bridgehead atoms. The SMILES string of the molecule is N#Cc1cc2nc(CN3CC=C(c4ccc(F)c(OCc5ccc(C(N)=O)cc5F)c4)CC3)n(C[C@@H]3CCO3)c2cn1. The molecule has 0 saturated carbocycles. The summed E-state index contributed by atoms with van der Waals surface area (Å²) in [5.41, 5.74) is 9.29. The average Bonchev–Trinajstić information content (AvgIpc) is 3.31. The highest BCUT2D eigenvalue weighted by molar-refractivity contribution is 5.92. The standard InChI is InChI=1S/C31H28F2N6O3/c32-25-4-3-20(12-29(25)42-18-22-2-1-21(31(35)40)11-26(22)33)19-5-8-38(9-6-19)17-30-37-27-13-23(14-34)36-15-28(27)39(30)16-24-7-10-41-24/h1-5,11-13,15,24H,6-10,16-18H2,(H2,35,40)/t24-/m0/s1. The molecule has 9 nitrogen and oxygen atoms in total. The number of carbonyl (C=O) groups excluding carboxylic acids is 1. The molecule has 2 aliphatic rings. The maximum absolute atomic E-state index is 14.6. The molecule has 1 amide bonds. The van der Waals surface area contributed by atoms with Crippen molar-refractivity contribution in [2.45, 2.75) is 38.6 Å². The summed E-state index contributed by atoms with van der Waals surface area (Å²) in [6, 6.07) is 12.3. The first kappa shape index (κ1) is 27.5. The molecule has 2 N–H and O–H groups in total. The molecule has 2 aromatic carbocycles. The molecule has 0 aliphatic carbocycles. The van der Waals surface area contributed by atoms with E-state index in [-0.39, 0.29) is 29.6 Å². The molecule has 42 heavy (non-hydrogen) atoms. The van der Waals surface area contributed by atoms with Crippen LogP contribution in [0.5, 0.6) is 5.75 Å². The Morgan fingerprint density at radius 3 is 2.74 bits per heavy atom. The Morgan fingerprint density at radius 2 is 2.05 bits per heavy atom. The monoisotopic (exact) mass is 570 g/mol. The number of fused-ring (bicyclic) bond motifs is 1. The van der Waals surface area contributed by atoms with Crippen molar-refractivity contribution >= 4 is 22.5 Å². The van der Waals surface area contributed by atoms with Gasteiger partial charge in [-0.2, -0.15) is 5.26 Å². The van der Waals surface area contributed by atoms with Gasteiger partial charge in [0.2, 0.25) is 5.91 Å². The number of ether oxygens (including phenoxy) is 2. The lowest BCUT2D eigenvalue weighted by Crippen LogP contribution is -2.33. The van der Waals surface area contributed by atoms with Gasteiger partial charge in [-0.1, -0.05) is 18.2 Å². The molecule has 6 rings (SSSR count). The third-order valence-corrected chi connectivity index (χ3v) is 7.69. The van der Waals surface area contributed by atoms with E-state index in [4.69, 9.17) is 20.2 Å². The van der Waals surface area contributed by atoms with E-state index in [0.29, 0.717) is 25.3 Å². The predicted molar refractivity (Wildman–Crippen MR) is 150 cm³/mol. The van der Waals surface area contributed by atoms with E-state index in [1.807, 2.05) is 0 Å². The quantitative estimate of drug-likeness (QED) is 0.318. The van der Waals surface area contributed by atoms with E-state index in [0.717, 1.165) is 60.1 Å². The smallest absolute Gasteiger partial charge is 0.248 e. The number of pyridine rings is 1. The molecule has 0 unspecified atom stereocenters. The van der Waals surface area contributed by atoms with Crippen LogP contribution in [0.1, 0.15) is 45.8 Å². The fraction of sp³-hybridized carbons (Fsp3) is 0.290. The number of rotatable bonds is 9. The van der Waals surface area contributed by atoms with Crippen LogP contribution >= 0.6 is 0 Å². The Kier molecular flexibility index (Phi) is 7.65. The Labute approximate surface area is 240 Å². The summed E-state index contributed by atoms with van der Waals surface area (Å²) < 4.78 is 42.3. The van der Waals surface area contributed by atoms with Crippen molar-refractivity contribution in [3.8, 4) is 11.8 Å². The van der Waals surface area contributed by atoms with Crippen molar-refractivity contribution in [1.29, 1.82) is 5.26 Å². The number of hydrogen-bond donors (Lipinski definition) is 1. The highest BCUT2D eigenvalue weighted by Crippen LogP contribution is 2.29. The van der Waals surface area contributed by atoms with Gasteiger partial charge in [0.15, 0.2) is 11.6 Å². The number of aromatic nitrogens is 3. The second-order valence-corrected chi connectivity index (χ2v) is 10.4. The largest absolute Gasteiger partial charge is 0.486 e. The van der Waals surface area contributed by atoms with Crippen molar-refractivity contribution in [1.82, 2.24) is 19.4 Å². The minimum atomic E-state index is -0.729. The molecule has 1 atom stereocenters. The molecule has 0 radical (unpaired) electrons. The van der Waals surface area contributed by atoms with Crippen molar-refractivity contribution in [2.24, 2.45) is 5.73 Å². The van der Waals surface area contributed by atoms with Gasteiger partial charge in [0.25, 0.3) is 0 Å². The number of nitrogens with two attached hydrogens (primary N) is 1. The second kappa shape index (κ2) is 11.7. The zero-order chi connectivity index (χ0) is 29.2. The van der Waals surface area contributed by atoms with Crippen molar-refractivity contribution in [2.75, 3.05) is 19.7 Å². The number of nitrogens with zero attached hydrogens (tertiary/aromatic N) is 5. The third kappa shape index (κ3) is 5.72. The van der Waals surface area contributed by atoms with Crippen molar-refractivity contribution in [3.63, 3.8) is 0 Å². The summed E-state index contributed by atoms with van der Waals surface area (Å²) >= 11 is 0. The maximum atomic E-state index is 14.6. The van der Waals surface area contributed by atoms with Crippen molar-refractivity contribution in [3.05, 3.63) is 94.6 Å². The molecule has 1 fully saturated rings. The molecule has 214 valence electrons. The van der Waals surface area contributed by atoms with Crippen LogP contribution in [-0.2, 0) is 24.4 Å². The molecule has 2 aromatic heterocycles. The fourth-order valence-electron chi connectivity index (χ4n) is 5.20. The Hall–Kier alpha value is -4.66. The number of imidazole rings is 1. The first-order valence-corrected chi connectivity index (χ1v) is 13.7. The van der Waals surface area contributed by atoms with Gasteiger partial charge in [-0.05, 0) is 48.2 Å². The average molecular weight is 571 g/mol. The summed E-state index contributed by atoms with van der Waals surface area (Å²) in [6.07, 6.45) is 5.69. The minimum absolute atomic E-state index is 0.0199. The van der Waals surface area contributed by atoms with E-state index >= 15 is 0 Å². The highest BCUT2D eigenvalue weighted by Gasteiger charge is 2.24. The molecular weight excluding hydrogens is 542 g/mol. The number of halogens is 2. The van der Waals surface area contributed by atoms with E-state index in [1.54, 1.807) is 24.4 Å². The molecular formula is C31H28F2N6O3. The number of hydrogen-bond acceptors (Lipinski definition) is 7. The molecule has 11 heteroatoms. The predicted octanol–water partition coefficient (Wildman–Crippen LogP) is 4.34. The number of amides is 1. The Balaban J connectivity index is 1.15. The lowest BCUT2D eigenvalue weighted by Gasteiger charge is -2.29. The van der Waals surface area contributed by atoms with Crippen LogP contribution in [0.2, 0.25) is 0 Å². The zero-order valence-electron chi connectivity index (χ0n) is 22.7. The van der Waals surface area contributed by atoms with Gasteiger partial charge in [-0.15, -0.1) is 0 Å². The van der Waals surface area contributed by atoms with Gasteiger partial charge in [-0.25, -0.2) is 18.7 Å². The lowest BCUT2D eigenvalue weighted by atomic mass is 9.99. The van der Waals surface area contributed by atoms with Crippen LogP contribution in [-0.4, -0.2) is 51.1 Å². The first-order valence-electron chi connectivity index (χ1n) is 13.7. The zero-order valence-corrected chi connectivity index (χ0v) is 22.7. The molecule has 4 aromatic rings. The second-order valence-electron chi connectivity index (χ2n) is 10.4. The van der Waals surface area contributed by atoms with Gasteiger partial charge in [0, 0.05) is 36.9 Å². The lowest BCUT2D eigenvalue weighted by molar-refractivity contribution is -0.0591. The van der Waals surface area contributed by atoms with Gasteiger partial charge in [0.1, 0.15) is 30.0 Å².